The molecule has 0 bridgehead atoms. The highest BCUT2D eigenvalue weighted by Gasteiger charge is 2.36. The van der Waals surface area contributed by atoms with Crippen LogP contribution in [0.2, 0.25) is 0 Å². The molecule has 1 amide bonds. The minimum atomic E-state index is -0.603. The maximum atomic E-state index is 11.8. The molecule has 0 radical (unpaired) electrons. The van der Waals surface area contributed by atoms with E-state index in [2.05, 4.69) is 45.0 Å². The Bertz CT molecular complexity index is 688. The number of carbonyl (C=O) groups is 1. The molecule has 2 atom stereocenters. The van der Waals surface area contributed by atoms with E-state index in [9.17, 15) is 4.79 Å². The molecule has 2 heterocycles. The Balaban J connectivity index is 2.20. The molecule has 0 spiro atoms. The minimum absolute atomic E-state index is 0.00824. The zero-order chi connectivity index (χ0) is 14.4. The average molecular weight is 385 g/mol. The van der Waals surface area contributed by atoms with E-state index in [1.807, 2.05) is 19.1 Å². The molecule has 0 aromatic carbocycles. The van der Waals surface area contributed by atoms with Crippen LogP contribution >= 0.6 is 22.6 Å². The van der Waals surface area contributed by atoms with E-state index in [0.29, 0.717) is 5.82 Å². The molecule has 0 fully saturated rings. The molecule has 2 N–H and O–H groups in total. The van der Waals surface area contributed by atoms with E-state index < -0.39 is 5.91 Å². The topological polar surface area (TPSA) is 92.9 Å². The highest BCUT2D eigenvalue weighted by Crippen LogP contribution is 2.44. The molecule has 3 rings (SSSR count). The van der Waals surface area contributed by atoms with Crippen LogP contribution in [-0.4, -0.2) is 31.3 Å². The van der Waals surface area contributed by atoms with Gasteiger partial charge in [0.15, 0.2) is 5.82 Å². The van der Waals surface area contributed by atoms with Crippen LogP contribution in [0, 0.1) is 11.8 Å². The second-order valence-corrected chi connectivity index (χ2v) is 6.01. The summed E-state index contributed by atoms with van der Waals surface area (Å²) >= 11 is 2.32. The molecule has 2 unspecified atom stereocenters. The van der Waals surface area contributed by atoms with Gasteiger partial charge in [-0.3, -0.25) is 10.0 Å². The molecule has 104 valence electrons. The van der Waals surface area contributed by atoms with Crippen molar-refractivity contribution in [2.24, 2.45) is 11.8 Å². The average Bonchev–Trinajstić information content (AvgIpc) is 2.93. The number of amides is 1. The van der Waals surface area contributed by atoms with Crippen molar-refractivity contribution in [3.05, 3.63) is 27.1 Å². The first-order chi connectivity index (χ1) is 9.54. The lowest BCUT2D eigenvalue weighted by Crippen LogP contribution is -2.30. The molecule has 2 aliphatic rings. The molecular weight excluding hydrogens is 373 g/mol. The summed E-state index contributed by atoms with van der Waals surface area (Å²) in [5.41, 5.74) is 4.06. The second kappa shape index (κ2) is 4.77. The van der Waals surface area contributed by atoms with Crippen molar-refractivity contribution in [2.75, 3.05) is 0 Å². The number of hydroxylamine groups is 1. The normalized spacial score (nSPS) is 24.6. The Hall–Kier alpha value is -1.55. The van der Waals surface area contributed by atoms with E-state index >= 15 is 0 Å². The maximum Gasteiger partial charge on any atom is 0.278 e. The number of hydrogen-bond acceptors (Lipinski definition) is 5. The van der Waals surface area contributed by atoms with Crippen molar-refractivity contribution in [1.29, 1.82) is 0 Å². The number of tetrazole rings is 1. The number of hydrogen-bond donors (Lipinski definition) is 2. The molecule has 1 aliphatic carbocycles. The van der Waals surface area contributed by atoms with Gasteiger partial charge in [0.1, 0.15) is 0 Å². The predicted octanol–water partition coefficient (Wildman–Crippen LogP) is 1.39. The fourth-order valence-corrected chi connectivity index (χ4v) is 3.16. The lowest BCUT2D eigenvalue weighted by atomic mass is 9.81. The highest BCUT2D eigenvalue weighted by atomic mass is 127. The van der Waals surface area contributed by atoms with Gasteiger partial charge < -0.3 is 0 Å². The Morgan fingerprint density at radius 2 is 2.30 bits per heavy atom. The molecule has 7 nitrogen and oxygen atoms in total. The van der Waals surface area contributed by atoms with E-state index in [1.165, 1.54) is 9.15 Å². The summed E-state index contributed by atoms with van der Waals surface area (Å²) in [6, 6.07) is 0. The quantitative estimate of drug-likeness (QED) is 0.433. The second-order valence-electron chi connectivity index (χ2n) is 4.85. The number of rotatable bonds is 1. The van der Waals surface area contributed by atoms with E-state index in [4.69, 9.17) is 5.21 Å². The van der Waals surface area contributed by atoms with Crippen LogP contribution in [0.4, 0.5) is 0 Å². The minimum Gasteiger partial charge on any atom is -0.288 e. The van der Waals surface area contributed by atoms with Crippen molar-refractivity contribution < 1.29 is 10.0 Å². The molecular formula is C12H12IN5O2. The number of nitrogens with zero attached hydrogens (tertiary/aromatic N) is 4. The summed E-state index contributed by atoms with van der Waals surface area (Å²) in [6.07, 6.45) is 3.86. The molecule has 8 heteroatoms. The third-order valence-electron chi connectivity index (χ3n) is 3.67. The van der Waals surface area contributed by atoms with Gasteiger partial charge in [-0.25, -0.2) is 5.48 Å². The summed E-state index contributed by atoms with van der Waals surface area (Å²) in [4.78, 5) is 11.8. The number of carbonyl (C=O) groups excluding carboxylic acids is 1. The smallest absolute Gasteiger partial charge is 0.278 e. The highest BCUT2D eigenvalue weighted by molar-refractivity contribution is 14.1. The van der Waals surface area contributed by atoms with Crippen LogP contribution in [-0.2, 0) is 4.79 Å². The van der Waals surface area contributed by atoms with Crippen LogP contribution in [0.5, 0.6) is 0 Å². The SMILES string of the molecule is CC1=C(I)C(C)C2C=C(C(=O)NO)c3nnnn3C2=C1. The van der Waals surface area contributed by atoms with Crippen LogP contribution in [0.25, 0.3) is 11.3 Å². The van der Waals surface area contributed by atoms with Gasteiger partial charge in [0.2, 0.25) is 0 Å². The van der Waals surface area contributed by atoms with Crippen LogP contribution in [0.15, 0.2) is 21.3 Å². The van der Waals surface area contributed by atoms with Crippen LogP contribution in [0.3, 0.4) is 0 Å². The summed E-state index contributed by atoms with van der Waals surface area (Å²) < 4.78 is 2.81. The largest absolute Gasteiger partial charge is 0.288 e. The summed E-state index contributed by atoms with van der Waals surface area (Å²) in [5.74, 6) is -0.0205. The molecule has 1 aromatic rings. The van der Waals surface area contributed by atoms with Gasteiger partial charge in [-0.2, -0.15) is 4.68 Å². The summed E-state index contributed by atoms with van der Waals surface area (Å²) in [5, 5.41) is 20.3. The first-order valence-electron chi connectivity index (χ1n) is 6.07. The number of allylic oxidation sites excluding steroid dienone is 5. The third-order valence-corrected chi connectivity index (χ3v) is 5.50. The van der Waals surface area contributed by atoms with Crippen molar-refractivity contribution in [3.63, 3.8) is 0 Å². The van der Waals surface area contributed by atoms with Gasteiger partial charge >= 0.3 is 0 Å². The van der Waals surface area contributed by atoms with E-state index in [1.54, 1.807) is 10.2 Å². The van der Waals surface area contributed by atoms with Crippen LogP contribution in [0.1, 0.15) is 19.7 Å². The van der Waals surface area contributed by atoms with Gasteiger partial charge in [-0.15, -0.1) is 5.10 Å². The maximum absolute atomic E-state index is 11.8. The molecule has 20 heavy (non-hydrogen) atoms. The standard InChI is InChI=1S/C12H12IN5O2/c1-5-3-9-7(6(2)10(5)13)4-8(12(19)15-20)11-14-16-17-18(9)11/h3-4,6-7,20H,1-2H3,(H,15,19). The van der Waals surface area contributed by atoms with Crippen molar-refractivity contribution >= 4 is 39.8 Å². The first-order valence-corrected chi connectivity index (χ1v) is 7.15. The van der Waals surface area contributed by atoms with Crippen molar-refractivity contribution in [3.8, 4) is 0 Å². The molecule has 1 aliphatic heterocycles. The lowest BCUT2D eigenvalue weighted by molar-refractivity contribution is -0.123. The fourth-order valence-electron chi connectivity index (χ4n) is 2.61. The number of aromatic nitrogens is 4. The number of fused-ring (bicyclic) bond motifs is 3. The summed E-state index contributed by atoms with van der Waals surface area (Å²) in [6.45, 7) is 4.15. The predicted molar refractivity (Wildman–Crippen MR) is 79.4 cm³/mol. The Kier molecular flexibility index (Phi) is 3.21. The lowest BCUT2D eigenvalue weighted by Gasteiger charge is -2.32. The van der Waals surface area contributed by atoms with Gasteiger partial charge in [0.25, 0.3) is 5.91 Å². The zero-order valence-electron chi connectivity index (χ0n) is 10.8. The van der Waals surface area contributed by atoms with Gasteiger partial charge in [-0.05, 0) is 61.1 Å². The monoisotopic (exact) mass is 385 g/mol. The fraction of sp³-hybridized carbons (Fsp3) is 0.333. The van der Waals surface area contributed by atoms with Crippen molar-refractivity contribution in [1.82, 2.24) is 25.7 Å². The first kappa shape index (κ1) is 13.4. The van der Waals surface area contributed by atoms with E-state index in [0.717, 1.165) is 5.70 Å². The Morgan fingerprint density at radius 1 is 1.55 bits per heavy atom. The van der Waals surface area contributed by atoms with Gasteiger partial charge in [0.05, 0.1) is 11.3 Å². The number of nitrogens with one attached hydrogen (secondary N) is 1. The van der Waals surface area contributed by atoms with E-state index in [-0.39, 0.29) is 17.4 Å². The molecule has 1 aromatic heterocycles. The van der Waals surface area contributed by atoms with Gasteiger partial charge in [0, 0.05) is 5.92 Å². The Labute approximate surface area is 128 Å². The van der Waals surface area contributed by atoms with Crippen molar-refractivity contribution in [2.45, 2.75) is 13.8 Å². The van der Waals surface area contributed by atoms with Gasteiger partial charge in [-0.1, -0.05) is 13.0 Å². The zero-order valence-corrected chi connectivity index (χ0v) is 13.0. The van der Waals surface area contributed by atoms with Crippen LogP contribution < -0.4 is 5.48 Å². The Morgan fingerprint density at radius 3 is 3.00 bits per heavy atom. The summed E-state index contributed by atoms with van der Waals surface area (Å²) in [7, 11) is 0. The molecule has 0 saturated heterocycles. The third kappa shape index (κ3) is 1.82. The molecule has 0 saturated carbocycles. The number of halogens is 1.